The molecule has 0 saturated carbocycles. The highest BCUT2D eigenvalue weighted by Crippen LogP contribution is 2.37. The molecule has 6 nitrogen and oxygen atoms in total. The van der Waals surface area contributed by atoms with Gasteiger partial charge in [0.2, 0.25) is 11.9 Å². The van der Waals surface area contributed by atoms with Gasteiger partial charge in [-0.3, -0.25) is 4.98 Å². The van der Waals surface area contributed by atoms with Crippen LogP contribution in [0.15, 0.2) is 65.5 Å². The number of hydrogen-bond donors (Lipinski definition) is 1. The van der Waals surface area contributed by atoms with Gasteiger partial charge in [-0.2, -0.15) is 4.39 Å². The Morgan fingerprint density at radius 1 is 0.920 bits per heavy atom. The SMILES string of the molecule is Nc1nc(-c2ccccn2)c(-c2ccnc(F)c2)c(-c2ccco2)n1. The van der Waals surface area contributed by atoms with Gasteiger partial charge in [-0.05, 0) is 35.9 Å². The standard InChI is InChI=1S/C18H12FN5O/c19-14-10-11(6-8-22-14)15-16(12-4-1-2-7-21-12)23-18(20)24-17(15)13-5-3-9-25-13/h1-10H,(H2,20,23,24). The molecule has 4 rings (SSSR count). The predicted octanol–water partition coefficient (Wildman–Crippen LogP) is 3.58. The zero-order chi connectivity index (χ0) is 17.2. The molecule has 0 aliphatic heterocycles. The van der Waals surface area contributed by atoms with Crippen LogP contribution >= 0.6 is 0 Å². The Bertz CT molecular complexity index is 1020. The molecule has 0 aliphatic carbocycles. The number of anilines is 1. The first-order valence-electron chi connectivity index (χ1n) is 7.47. The Hall–Kier alpha value is -3.61. The van der Waals surface area contributed by atoms with E-state index in [1.54, 1.807) is 36.5 Å². The predicted molar refractivity (Wildman–Crippen MR) is 90.6 cm³/mol. The fourth-order valence-corrected chi connectivity index (χ4v) is 2.59. The first kappa shape index (κ1) is 14.9. The maximum Gasteiger partial charge on any atom is 0.221 e. The van der Waals surface area contributed by atoms with Crippen molar-refractivity contribution in [3.05, 3.63) is 67.1 Å². The maximum absolute atomic E-state index is 13.7. The highest BCUT2D eigenvalue weighted by molar-refractivity contribution is 5.89. The number of rotatable bonds is 3. The van der Waals surface area contributed by atoms with E-state index in [0.717, 1.165) is 0 Å². The normalized spacial score (nSPS) is 10.8. The van der Waals surface area contributed by atoms with Gasteiger partial charge in [-0.1, -0.05) is 6.07 Å². The van der Waals surface area contributed by atoms with Crippen LogP contribution in [0, 0.1) is 5.95 Å². The van der Waals surface area contributed by atoms with Crippen LogP contribution in [0.2, 0.25) is 0 Å². The van der Waals surface area contributed by atoms with Crippen molar-refractivity contribution >= 4 is 5.95 Å². The summed E-state index contributed by atoms with van der Waals surface area (Å²) in [7, 11) is 0. The molecule has 0 fully saturated rings. The average molecular weight is 333 g/mol. The van der Waals surface area contributed by atoms with Crippen molar-refractivity contribution in [3.63, 3.8) is 0 Å². The third kappa shape index (κ3) is 2.83. The lowest BCUT2D eigenvalue weighted by molar-refractivity contribution is 0.579. The molecule has 4 heterocycles. The summed E-state index contributed by atoms with van der Waals surface area (Å²) in [6, 6.07) is 11.9. The second-order valence-corrected chi connectivity index (χ2v) is 5.21. The number of hydrogen-bond acceptors (Lipinski definition) is 6. The van der Waals surface area contributed by atoms with Crippen molar-refractivity contribution < 1.29 is 8.81 Å². The van der Waals surface area contributed by atoms with Gasteiger partial charge in [0, 0.05) is 24.0 Å². The monoisotopic (exact) mass is 333 g/mol. The van der Waals surface area contributed by atoms with E-state index in [0.29, 0.717) is 34.0 Å². The summed E-state index contributed by atoms with van der Waals surface area (Å²) in [6.07, 6.45) is 4.57. The number of aromatic nitrogens is 4. The summed E-state index contributed by atoms with van der Waals surface area (Å²) in [6.45, 7) is 0. The summed E-state index contributed by atoms with van der Waals surface area (Å²) < 4.78 is 19.2. The van der Waals surface area contributed by atoms with Gasteiger partial charge < -0.3 is 10.2 Å². The highest BCUT2D eigenvalue weighted by Gasteiger charge is 2.21. The summed E-state index contributed by atoms with van der Waals surface area (Å²) in [5, 5.41) is 0. The number of furan rings is 1. The summed E-state index contributed by atoms with van der Waals surface area (Å²) in [5.74, 6) is -0.0319. The van der Waals surface area contributed by atoms with E-state index in [1.165, 1.54) is 18.5 Å². The van der Waals surface area contributed by atoms with Crippen molar-refractivity contribution in [1.29, 1.82) is 0 Å². The molecule has 2 N–H and O–H groups in total. The van der Waals surface area contributed by atoms with Crippen LogP contribution in [0.4, 0.5) is 10.3 Å². The van der Waals surface area contributed by atoms with Crippen molar-refractivity contribution in [2.75, 3.05) is 5.73 Å². The molecule has 4 aromatic rings. The molecule has 0 atom stereocenters. The van der Waals surface area contributed by atoms with Crippen LogP contribution in [0.1, 0.15) is 0 Å². The largest absolute Gasteiger partial charge is 0.463 e. The summed E-state index contributed by atoms with van der Waals surface area (Å²) >= 11 is 0. The molecule has 25 heavy (non-hydrogen) atoms. The molecular formula is C18H12FN5O. The van der Waals surface area contributed by atoms with Crippen molar-refractivity contribution in [2.24, 2.45) is 0 Å². The summed E-state index contributed by atoms with van der Waals surface area (Å²) in [5.41, 5.74) is 8.58. The van der Waals surface area contributed by atoms with Crippen LogP contribution < -0.4 is 5.73 Å². The Kier molecular flexibility index (Phi) is 3.66. The molecule has 7 heteroatoms. The van der Waals surface area contributed by atoms with Crippen LogP contribution in [-0.4, -0.2) is 19.9 Å². The molecule has 0 aliphatic rings. The van der Waals surface area contributed by atoms with E-state index in [-0.39, 0.29) is 5.95 Å². The number of nitrogens with zero attached hydrogens (tertiary/aromatic N) is 4. The molecule has 4 aromatic heterocycles. The van der Waals surface area contributed by atoms with Crippen LogP contribution in [0.3, 0.4) is 0 Å². The second kappa shape index (κ2) is 6.12. The van der Waals surface area contributed by atoms with Gasteiger partial charge in [0.05, 0.1) is 12.0 Å². The van der Waals surface area contributed by atoms with E-state index < -0.39 is 5.95 Å². The van der Waals surface area contributed by atoms with Gasteiger partial charge in [-0.25, -0.2) is 15.0 Å². The molecule has 0 aromatic carbocycles. The minimum atomic E-state index is -0.605. The van der Waals surface area contributed by atoms with E-state index in [2.05, 4.69) is 19.9 Å². The molecule has 0 amide bonds. The second-order valence-electron chi connectivity index (χ2n) is 5.21. The molecular weight excluding hydrogens is 321 g/mol. The van der Waals surface area contributed by atoms with Crippen LogP contribution in [0.25, 0.3) is 34.0 Å². The maximum atomic E-state index is 13.7. The fourth-order valence-electron chi connectivity index (χ4n) is 2.59. The number of nitrogen functional groups attached to an aromatic ring is 1. The molecule has 0 spiro atoms. The molecule has 122 valence electrons. The lowest BCUT2D eigenvalue weighted by Gasteiger charge is -2.13. The quantitative estimate of drug-likeness (QED) is 0.576. The first-order valence-corrected chi connectivity index (χ1v) is 7.47. The third-order valence-electron chi connectivity index (χ3n) is 3.60. The smallest absolute Gasteiger partial charge is 0.221 e. The number of halogens is 1. The van der Waals surface area contributed by atoms with E-state index in [9.17, 15) is 4.39 Å². The minimum Gasteiger partial charge on any atom is -0.463 e. The highest BCUT2D eigenvalue weighted by atomic mass is 19.1. The van der Waals surface area contributed by atoms with E-state index in [4.69, 9.17) is 10.2 Å². The fraction of sp³-hybridized carbons (Fsp3) is 0. The van der Waals surface area contributed by atoms with Crippen molar-refractivity contribution in [1.82, 2.24) is 19.9 Å². The molecule has 0 unspecified atom stereocenters. The molecule has 0 bridgehead atoms. The van der Waals surface area contributed by atoms with Gasteiger partial charge in [0.1, 0.15) is 11.4 Å². The van der Waals surface area contributed by atoms with Gasteiger partial charge >= 0.3 is 0 Å². The minimum absolute atomic E-state index is 0.0744. The Labute approximate surface area is 142 Å². The zero-order valence-electron chi connectivity index (χ0n) is 12.9. The van der Waals surface area contributed by atoms with Gasteiger partial charge in [0.15, 0.2) is 5.76 Å². The lowest BCUT2D eigenvalue weighted by Crippen LogP contribution is -2.03. The van der Waals surface area contributed by atoms with E-state index in [1.807, 2.05) is 6.07 Å². The molecule has 0 radical (unpaired) electrons. The zero-order valence-corrected chi connectivity index (χ0v) is 12.9. The third-order valence-corrected chi connectivity index (χ3v) is 3.60. The molecule has 0 saturated heterocycles. The topological polar surface area (TPSA) is 90.7 Å². The number of pyridine rings is 2. The van der Waals surface area contributed by atoms with Gasteiger partial charge in [-0.15, -0.1) is 0 Å². The Morgan fingerprint density at radius 2 is 1.80 bits per heavy atom. The van der Waals surface area contributed by atoms with Crippen molar-refractivity contribution in [2.45, 2.75) is 0 Å². The number of nitrogens with two attached hydrogens (primary N) is 1. The van der Waals surface area contributed by atoms with Crippen molar-refractivity contribution in [3.8, 4) is 34.0 Å². The van der Waals surface area contributed by atoms with Crippen LogP contribution in [0.5, 0.6) is 0 Å². The summed E-state index contributed by atoms with van der Waals surface area (Å²) in [4.78, 5) is 16.6. The van der Waals surface area contributed by atoms with E-state index >= 15 is 0 Å². The first-order chi connectivity index (χ1) is 12.2. The van der Waals surface area contributed by atoms with Gasteiger partial charge in [0.25, 0.3) is 0 Å². The average Bonchev–Trinajstić information content (AvgIpc) is 3.16. The lowest BCUT2D eigenvalue weighted by atomic mass is 9.99. The Balaban J connectivity index is 2.07. The Morgan fingerprint density at radius 3 is 2.52 bits per heavy atom. The van der Waals surface area contributed by atoms with Crippen LogP contribution in [-0.2, 0) is 0 Å².